The van der Waals surface area contributed by atoms with Crippen LogP contribution in [0.3, 0.4) is 0 Å². The van der Waals surface area contributed by atoms with E-state index < -0.39 is 5.97 Å². The average Bonchev–Trinajstić information content (AvgIpc) is 3.32. The highest BCUT2D eigenvalue weighted by Gasteiger charge is 2.26. The van der Waals surface area contributed by atoms with Crippen molar-refractivity contribution < 1.29 is 23.8 Å². The highest BCUT2D eigenvalue weighted by Crippen LogP contribution is 2.26. The van der Waals surface area contributed by atoms with Gasteiger partial charge in [-0.25, -0.2) is 4.79 Å². The van der Waals surface area contributed by atoms with Gasteiger partial charge in [-0.1, -0.05) is 30.7 Å². The Morgan fingerprint density at radius 3 is 2.67 bits per heavy atom. The number of rotatable bonds is 12. The molecule has 0 aliphatic carbocycles. The van der Waals surface area contributed by atoms with E-state index in [0.717, 1.165) is 38.5 Å². The van der Waals surface area contributed by atoms with Gasteiger partial charge < -0.3 is 14.3 Å². The van der Waals surface area contributed by atoms with E-state index in [1.807, 2.05) is 13.0 Å². The quantitative estimate of drug-likeness (QED) is 0.238. The Morgan fingerprint density at radius 1 is 1.27 bits per heavy atom. The van der Waals surface area contributed by atoms with Crippen molar-refractivity contribution in [1.82, 2.24) is 0 Å². The lowest BCUT2D eigenvalue weighted by Crippen LogP contribution is -1.98. The molecule has 0 saturated carbocycles. The minimum atomic E-state index is -0.478. The third-order valence-electron chi connectivity index (χ3n) is 5.30. The third kappa shape index (κ3) is 7.21. The second kappa shape index (κ2) is 11.4. The zero-order valence-corrected chi connectivity index (χ0v) is 18.2. The lowest BCUT2D eigenvalue weighted by molar-refractivity contribution is -0.133. The lowest BCUT2D eigenvalue weighted by Gasteiger charge is -2.09. The van der Waals surface area contributed by atoms with Crippen molar-refractivity contribution in [2.75, 3.05) is 0 Å². The average molecular weight is 413 g/mol. The van der Waals surface area contributed by atoms with Crippen LogP contribution in [0.1, 0.15) is 76.1 Å². The van der Waals surface area contributed by atoms with Gasteiger partial charge in [-0.2, -0.15) is 0 Å². The molecule has 0 amide bonds. The molecule has 1 aromatic rings. The van der Waals surface area contributed by atoms with Crippen molar-refractivity contribution in [3.05, 3.63) is 71.1 Å². The van der Waals surface area contributed by atoms with Crippen LogP contribution in [-0.2, 0) is 9.53 Å². The molecule has 0 saturated heterocycles. The fraction of sp³-hybridized carbons (Fsp3) is 0.440. The van der Waals surface area contributed by atoms with Crippen LogP contribution in [0.5, 0.6) is 0 Å². The highest BCUT2D eigenvalue weighted by atomic mass is 16.6. The van der Waals surface area contributed by atoms with E-state index in [1.54, 1.807) is 13.0 Å². The SMILES string of the molecule is C=C(CC/C=C(\C)CCC(=O)c1ccoc1)CCCC(C)/C=C1\OC(=O)C(C)=C1O. The van der Waals surface area contributed by atoms with Gasteiger partial charge in [0.25, 0.3) is 0 Å². The molecule has 0 fully saturated rings. The first-order chi connectivity index (χ1) is 14.3. The van der Waals surface area contributed by atoms with Crippen molar-refractivity contribution in [3.8, 4) is 0 Å². The summed E-state index contributed by atoms with van der Waals surface area (Å²) < 4.78 is 10.0. The number of aliphatic hydroxyl groups is 1. The summed E-state index contributed by atoms with van der Waals surface area (Å²) in [5.74, 6) is 0.0500. The topological polar surface area (TPSA) is 76.7 Å². The number of hydrogen-bond donors (Lipinski definition) is 1. The van der Waals surface area contributed by atoms with E-state index in [9.17, 15) is 14.7 Å². The van der Waals surface area contributed by atoms with Crippen LogP contribution in [0, 0.1) is 5.92 Å². The Labute approximate surface area is 178 Å². The van der Waals surface area contributed by atoms with Gasteiger partial charge in [0.05, 0.1) is 17.4 Å². The minimum Gasteiger partial charge on any atom is -0.504 e. The van der Waals surface area contributed by atoms with E-state index in [0.29, 0.717) is 12.0 Å². The van der Waals surface area contributed by atoms with Crippen molar-refractivity contribution >= 4 is 11.8 Å². The predicted molar refractivity (Wildman–Crippen MR) is 117 cm³/mol. The zero-order valence-electron chi connectivity index (χ0n) is 18.2. The number of allylic oxidation sites excluding steroid dienone is 4. The molecule has 5 heteroatoms. The molecule has 0 spiro atoms. The first kappa shape index (κ1) is 23.5. The number of hydrogen-bond acceptors (Lipinski definition) is 5. The Morgan fingerprint density at radius 2 is 2.03 bits per heavy atom. The Kier molecular flexibility index (Phi) is 8.90. The summed E-state index contributed by atoms with van der Waals surface area (Å²) in [4.78, 5) is 23.4. The van der Waals surface area contributed by atoms with Gasteiger partial charge in [-0.05, 0) is 70.4 Å². The van der Waals surface area contributed by atoms with Crippen LogP contribution in [0.25, 0.3) is 0 Å². The molecule has 0 radical (unpaired) electrons. The van der Waals surface area contributed by atoms with Crippen LogP contribution < -0.4 is 0 Å². The number of furan rings is 1. The number of cyclic esters (lactones) is 1. The molecule has 1 unspecified atom stereocenters. The number of carbonyl (C=O) groups excluding carboxylic acids is 2. The molecule has 1 aliphatic rings. The first-order valence-corrected chi connectivity index (χ1v) is 10.5. The molecule has 1 aromatic heterocycles. The van der Waals surface area contributed by atoms with Gasteiger partial charge >= 0.3 is 5.97 Å². The molecule has 1 aliphatic heterocycles. The van der Waals surface area contributed by atoms with E-state index in [4.69, 9.17) is 9.15 Å². The Balaban J connectivity index is 1.62. The van der Waals surface area contributed by atoms with Crippen LogP contribution >= 0.6 is 0 Å². The van der Waals surface area contributed by atoms with Crippen LogP contribution in [0.4, 0.5) is 0 Å². The van der Waals surface area contributed by atoms with Crippen molar-refractivity contribution in [1.29, 1.82) is 0 Å². The van der Waals surface area contributed by atoms with Crippen molar-refractivity contribution in [2.24, 2.45) is 5.92 Å². The molecule has 5 nitrogen and oxygen atoms in total. The van der Waals surface area contributed by atoms with Gasteiger partial charge in [0, 0.05) is 6.42 Å². The van der Waals surface area contributed by atoms with Gasteiger partial charge in [0.15, 0.2) is 17.3 Å². The Bertz CT molecular complexity index is 852. The number of aliphatic hydroxyl groups excluding tert-OH is 1. The zero-order chi connectivity index (χ0) is 22.1. The number of ketones is 1. The molecule has 1 N–H and O–H groups in total. The summed E-state index contributed by atoms with van der Waals surface area (Å²) in [6.45, 7) is 9.82. The standard InChI is InChI=1S/C25H32O5/c1-17(7-5-9-18(2)11-12-22(26)21-13-14-29-16-21)8-6-10-19(3)15-23-24(27)20(4)25(28)30-23/h9,13-16,19,27H,1,5-8,10-12H2,2-4H3/b18-9+,23-15-. The minimum absolute atomic E-state index is 0.0510. The smallest absolute Gasteiger partial charge is 0.343 e. The molecule has 30 heavy (non-hydrogen) atoms. The summed E-state index contributed by atoms with van der Waals surface area (Å²) in [5, 5.41) is 9.87. The maximum absolute atomic E-state index is 12.0. The molecule has 162 valence electrons. The molecular weight excluding hydrogens is 380 g/mol. The number of carbonyl (C=O) groups is 2. The van der Waals surface area contributed by atoms with Gasteiger partial charge in [0.2, 0.25) is 0 Å². The highest BCUT2D eigenvalue weighted by molar-refractivity contribution is 5.95. The first-order valence-electron chi connectivity index (χ1n) is 10.5. The van der Waals surface area contributed by atoms with E-state index >= 15 is 0 Å². The number of esters is 1. The van der Waals surface area contributed by atoms with Gasteiger partial charge in [-0.15, -0.1) is 0 Å². The lowest BCUT2D eigenvalue weighted by atomic mass is 9.98. The second-order valence-corrected chi connectivity index (χ2v) is 8.04. The van der Waals surface area contributed by atoms with E-state index in [1.165, 1.54) is 23.7 Å². The molecule has 1 atom stereocenters. The van der Waals surface area contributed by atoms with Crippen LogP contribution in [-0.4, -0.2) is 16.9 Å². The van der Waals surface area contributed by atoms with E-state index in [-0.39, 0.29) is 28.8 Å². The summed E-state index contributed by atoms with van der Waals surface area (Å²) in [7, 11) is 0. The molecule has 0 bridgehead atoms. The second-order valence-electron chi connectivity index (χ2n) is 8.04. The monoisotopic (exact) mass is 412 g/mol. The Hall–Kier alpha value is -2.82. The summed E-state index contributed by atoms with van der Waals surface area (Å²) in [6, 6.07) is 1.70. The summed E-state index contributed by atoms with van der Waals surface area (Å²) >= 11 is 0. The fourth-order valence-corrected chi connectivity index (χ4v) is 3.26. The third-order valence-corrected chi connectivity index (χ3v) is 5.30. The maximum Gasteiger partial charge on any atom is 0.343 e. The van der Waals surface area contributed by atoms with Crippen LogP contribution in [0.2, 0.25) is 0 Å². The van der Waals surface area contributed by atoms with Crippen LogP contribution in [0.15, 0.2) is 70.0 Å². The largest absolute Gasteiger partial charge is 0.504 e. The molecule has 0 aromatic carbocycles. The fourth-order valence-electron chi connectivity index (χ4n) is 3.26. The summed E-state index contributed by atoms with van der Waals surface area (Å²) in [6.07, 6.45) is 13.0. The number of ether oxygens (including phenoxy) is 1. The van der Waals surface area contributed by atoms with Gasteiger partial charge in [-0.3, -0.25) is 4.79 Å². The summed E-state index contributed by atoms with van der Waals surface area (Å²) in [5.41, 5.74) is 3.32. The van der Waals surface area contributed by atoms with Gasteiger partial charge in [0.1, 0.15) is 6.26 Å². The van der Waals surface area contributed by atoms with Crippen molar-refractivity contribution in [2.45, 2.75) is 65.7 Å². The number of Topliss-reactive ketones (excluding diaryl/α,β-unsaturated/α-hetero) is 1. The normalized spacial score (nSPS) is 16.8. The maximum atomic E-state index is 12.0. The molecule has 2 rings (SSSR count). The predicted octanol–water partition coefficient (Wildman–Crippen LogP) is 6.60. The van der Waals surface area contributed by atoms with E-state index in [2.05, 4.69) is 19.6 Å². The molecular formula is C25H32O5. The molecule has 2 heterocycles. The van der Waals surface area contributed by atoms with Crippen molar-refractivity contribution in [3.63, 3.8) is 0 Å².